The molecule has 0 unspecified atom stereocenters. The Bertz CT molecular complexity index is 888. The van der Waals surface area contributed by atoms with Gasteiger partial charge in [-0.3, -0.25) is 9.59 Å². The highest BCUT2D eigenvalue weighted by Gasteiger charge is 2.27. The van der Waals surface area contributed by atoms with Gasteiger partial charge in [-0.05, 0) is 31.2 Å². The molecular formula is C18H16N4O3. The zero-order valence-corrected chi connectivity index (χ0v) is 13.5. The summed E-state index contributed by atoms with van der Waals surface area (Å²) >= 11 is 0. The van der Waals surface area contributed by atoms with Gasteiger partial charge >= 0.3 is 0 Å². The van der Waals surface area contributed by atoms with Crippen LogP contribution in [0.5, 0.6) is 0 Å². The molecular weight excluding hydrogens is 320 g/mol. The summed E-state index contributed by atoms with van der Waals surface area (Å²) in [5, 5.41) is 10.3. The summed E-state index contributed by atoms with van der Waals surface area (Å²) < 4.78 is 5.53. The van der Waals surface area contributed by atoms with Crippen LogP contribution in [0.25, 0.3) is 11.5 Å². The zero-order chi connectivity index (χ0) is 17.8. The maximum absolute atomic E-state index is 12.2. The highest BCUT2D eigenvalue weighted by Crippen LogP contribution is 2.21. The number of benzene rings is 2. The van der Waals surface area contributed by atoms with Gasteiger partial charge in [0, 0.05) is 11.1 Å². The van der Waals surface area contributed by atoms with Crippen molar-refractivity contribution in [1.82, 2.24) is 15.5 Å². The smallest absolute Gasteiger partial charge is 0.252 e. The van der Waals surface area contributed by atoms with Gasteiger partial charge in [0.25, 0.3) is 5.91 Å². The van der Waals surface area contributed by atoms with E-state index in [0.717, 1.165) is 5.56 Å². The second-order valence-electron chi connectivity index (χ2n) is 5.49. The van der Waals surface area contributed by atoms with Gasteiger partial charge in [0.2, 0.25) is 17.7 Å². The molecule has 1 aromatic heterocycles. The van der Waals surface area contributed by atoms with Crippen LogP contribution in [0.1, 0.15) is 27.9 Å². The van der Waals surface area contributed by atoms with Gasteiger partial charge in [0.15, 0.2) is 6.04 Å². The van der Waals surface area contributed by atoms with Gasteiger partial charge in [-0.15, -0.1) is 10.2 Å². The van der Waals surface area contributed by atoms with E-state index in [1.807, 2.05) is 31.2 Å². The second kappa shape index (κ2) is 6.96. The summed E-state index contributed by atoms with van der Waals surface area (Å²) in [4.78, 5) is 24.0. The number of aryl methyl sites for hydroxylation is 1. The summed E-state index contributed by atoms with van der Waals surface area (Å²) in [6.45, 7) is 1.96. The number of hydrogen-bond donors (Lipinski definition) is 2. The summed E-state index contributed by atoms with van der Waals surface area (Å²) in [5.74, 6) is -1.06. The average molecular weight is 336 g/mol. The molecule has 7 nitrogen and oxygen atoms in total. The predicted octanol–water partition coefficient (Wildman–Crippen LogP) is 2.00. The van der Waals surface area contributed by atoms with E-state index >= 15 is 0 Å². The van der Waals surface area contributed by atoms with E-state index in [1.165, 1.54) is 0 Å². The molecule has 2 aromatic carbocycles. The number of nitrogens with zero attached hydrogens (tertiary/aromatic N) is 2. The van der Waals surface area contributed by atoms with E-state index in [-0.39, 0.29) is 11.8 Å². The largest absolute Gasteiger partial charge is 0.418 e. The first-order chi connectivity index (χ1) is 12.0. The van der Waals surface area contributed by atoms with Gasteiger partial charge in [-0.25, -0.2) is 0 Å². The molecule has 1 heterocycles. The Kier molecular flexibility index (Phi) is 4.56. The summed E-state index contributed by atoms with van der Waals surface area (Å²) in [6, 6.07) is 14.7. The Morgan fingerprint density at radius 1 is 1.04 bits per heavy atom. The number of hydrogen-bond acceptors (Lipinski definition) is 5. The van der Waals surface area contributed by atoms with E-state index < -0.39 is 17.9 Å². The first-order valence-electron chi connectivity index (χ1n) is 7.60. The lowest BCUT2D eigenvalue weighted by Crippen LogP contribution is -2.37. The number of amides is 2. The minimum atomic E-state index is -1.21. The first kappa shape index (κ1) is 16.4. The number of nitrogens with one attached hydrogen (secondary N) is 1. The Morgan fingerprint density at radius 2 is 1.72 bits per heavy atom. The van der Waals surface area contributed by atoms with E-state index in [4.69, 9.17) is 10.2 Å². The summed E-state index contributed by atoms with van der Waals surface area (Å²) in [6.07, 6.45) is 0. The third-order valence-electron chi connectivity index (χ3n) is 3.58. The van der Waals surface area contributed by atoms with Crippen molar-refractivity contribution in [3.63, 3.8) is 0 Å². The van der Waals surface area contributed by atoms with Crippen LogP contribution in [-0.2, 0) is 4.79 Å². The van der Waals surface area contributed by atoms with Gasteiger partial charge in [-0.2, -0.15) is 0 Å². The molecule has 3 N–H and O–H groups in total. The number of carbonyl (C=O) groups excluding carboxylic acids is 2. The fourth-order valence-electron chi connectivity index (χ4n) is 2.22. The van der Waals surface area contributed by atoms with Crippen LogP contribution < -0.4 is 11.1 Å². The molecule has 25 heavy (non-hydrogen) atoms. The molecule has 1 atom stereocenters. The molecule has 0 aliphatic carbocycles. The Labute approximate surface area is 143 Å². The lowest BCUT2D eigenvalue weighted by molar-refractivity contribution is -0.120. The Balaban J connectivity index is 1.83. The van der Waals surface area contributed by atoms with Crippen LogP contribution in [0.4, 0.5) is 0 Å². The fourth-order valence-corrected chi connectivity index (χ4v) is 2.22. The third-order valence-corrected chi connectivity index (χ3v) is 3.58. The minimum Gasteiger partial charge on any atom is -0.418 e. The molecule has 0 aliphatic rings. The number of primary amides is 1. The van der Waals surface area contributed by atoms with Crippen molar-refractivity contribution in [3.05, 3.63) is 71.6 Å². The highest BCUT2D eigenvalue weighted by molar-refractivity contribution is 5.97. The molecule has 0 spiro atoms. The van der Waals surface area contributed by atoms with Gasteiger partial charge in [0.1, 0.15) is 0 Å². The highest BCUT2D eigenvalue weighted by atomic mass is 16.4. The van der Waals surface area contributed by atoms with Crippen molar-refractivity contribution in [2.45, 2.75) is 13.0 Å². The molecule has 126 valence electrons. The third kappa shape index (κ3) is 3.72. The topological polar surface area (TPSA) is 111 Å². The van der Waals surface area contributed by atoms with Gasteiger partial charge in [0.05, 0.1) is 0 Å². The lowest BCUT2D eigenvalue weighted by atomic mass is 10.1. The Morgan fingerprint density at radius 3 is 2.36 bits per heavy atom. The molecule has 0 bridgehead atoms. The second-order valence-corrected chi connectivity index (χ2v) is 5.49. The standard InChI is InChI=1S/C18H16N4O3/c1-11-7-9-13(10-8-11)17-21-22-18(25-17)14(15(19)23)20-16(24)12-5-3-2-4-6-12/h2-10,14H,1H3,(H2,19,23)(H,20,24)/t14-/m1/s1. The fraction of sp³-hybridized carbons (Fsp3) is 0.111. The molecule has 0 saturated carbocycles. The van der Waals surface area contributed by atoms with Crippen LogP contribution in [0.3, 0.4) is 0 Å². The van der Waals surface area contributed by atoms with E-state index in [2.05, 4.69) is 15.5 Å². The van der Waals surface area contributed by atoms with Crippen molar-refractivity contribution in [2.75, 3.05) is 0 Å². The average Bonchev–Trinajstić information content (AvgIpc) is 3.10. The molecule has 0 radical (unpaired) electrons. The van der Waals surface area contributed by atoms with Crippen LogP contribution in [-0.4, -0.2) is 22.0 Å². The quantitative estimate of drug-likeness (QED) is 0.740. The van der Waals surface area contributed by atoms with Crippen molar-refractivity contribution < 1.29 is 14.0 Å². The maximum Gasteiger partial charge on any atom is 0.252 e. The zero-order valence-electron chi connectivity index (χ0n) is 13.5. The molecule has 7 heteroatoms. The minimum absolute atomic E-state index is 0.0626. The molecule has 3 aromatic rings. The monoisotopic (exact) mass is 336 g/mol. The molecule has 0 aliphatic heterocycles. The Hall–Kier alpha value is -3.48. The van der Waals surface area contributed by atoms with Crippen molar-refractivity contribution in [3.8, 4) is 11.5 Å². The summed E-state index contributed by atoms with van der Waals surface area (Å²) in [5.41, 5.74) is 7.58. The molecule has 2 amide bonds. The van der Waals surface area contributed by atoms with Crippen LogP contribution >= 0.6 is 0 Å². The van der Waals surface area contributed by atoms with Crippen LogP contribution in [0, 0.1) is 6.92 Å². The number of carbonyl (C=O) groups is 2. The number of rotatable bonds is 5. The van der Waals surface area contributed by atoms with Crippen LogP contribution in [0.15, 0.2) is 59.0 Å². The van der Waals surface area contributed by atoms with E-state index in [0.29, 0.717) is 11.1 Å². The molecule has 3 rings (SSSR count). The molecule has 0 saturated heterocycles. The predicted molar refractivity (Wildman–Crippen MR) is 90.3 cm³/mol. The summed E-state index contributed by atoms with van der Waals surface area (Å²) in [7, 11) is 0. The van der Waals surface area contributed by atoms with Crippen molar-refractivity contribution >= 4 is 11.8 Å². The first-order valence-corrected chi connectivity index (χ1v) is 7.60. The lowest BCUT2D eigenvalue weighted by Gasteiger charge is -2.11. The van der Waals surface area contributed by atoms with Crippen LogP contribution in [0.2, 0.25) is 0 Å². The van der Waals surface area contributed by atoms with E-state index in [9.17, 15) is 9.59 Å². The number of aromatic nitrogens is 2. The number of nitrogens with two attached hydrogens (primary N) is 1. The van der Waals surface area contributed by atoms with Crippen molar-refractivity contribution in [1.29, 1.82) is 0 Å². The van der Waals surface area contributed by atoms with Crippen molar-refractivity contribution in [2.24, 2.45) is 5.73 Å². The molecule has 0 fully saturated rings. The maximum atomic E-state index is 12.2. The van der Waals surface area contributed by atoms with Gasteiger partial charge < -0.3 is 15.5 Å². The van der Waals surface area contributed by atoms with Gasteiger partial charge in [-0.1, -0.05) is 35.9 Å². The van der Waals surface area contributed by atoms with E-state index in [1.54, 1.807) is 30.3 Å². The SMILES string of the molecule is Cc1ccc(-c2nnc([C@H](NC(=O)c3ccccc3)C(N)=O)o2)cc1. The normalized spacial score (nSPS) is 11.7.